The Morgan fingerprint density at radius 2 is 1.67 bits per heavy atom. The maximum atomic E-state index is 12.8. The average Bonchev–Trinajstić information content (AvgIpc) is 3.81. The number of anilines is 3. The van der Waals surface area contributed by atoms with Crippen molar-refractivity contribution in [2.45, 2.75) is 95.2 Å². The van der Waals surface area contributed by atoms with Crippen LogP contribution in [0.15, 0.2) is 41.1 Å². The molecule has 3 aliphatic carbocycles. The highest BCUT2D eigenvalue weighted by molar-refractivity contribution is 5.75. The molecule has 1 aromatic carbocycles. The smallest absolute Gasteiger partial charge is 0.315 e. The van der Waals surface area contributed by atoms with Gasteiger partial charge < -0.3 is 25.8 Å². The Kier molecular flexibility index (Phi) is 7.65. The van der Waals surface area contributed by atoms with Crippen molar-refractivity contribution in [3.05, 3.63) is 59.2 Å². The van der Waals surface area contributed by atoms with E-state index in [0.717, 1.165) is 49.9 Å². The van der Waals surface area contributed by atoms with Gasteiger partial charge in [0.2, 0.25) is 17.7 Å². The Hall–Kier alpha value is -4.48. The molecule has 3 aliphatic rings. The van der Waals surface area contributed by atoms with E-state index in [9.17, 15) is 4.79 Å². The van der Waals surface area contributed by atoms with Crippen molar-refractivity contribution in [1.29, 1.82) is 0 Å². The molecule has 3 heterocycles. The van der Waals surface area contributed by atoms with E-state index in [1.165, 1.54) is 42.5 Å². The molecule has 5 N–H and O–H groups in total. The molecular formula is C31H38N10O2. The number of hydrogen-bond acceptors (Lipinski definition) is 9. The van der Waals surface area contributed by atoms with Crippen LogP contribution < -0.4 is 21.3 Å². The molecule has 43 heavy (non-hydrogen) atoms. The zero-order valence-electron chi connectivity index (χ0n) is 24.4. The second kappa shape index (κ2) is 12.0. The number of nitrogens with one attached hydrogen (secondary N) is 5. The van der Waals surface area contributed by atoms with Gasteiger partial charge in [-0.25, -0.2) is 9.78 Å². The molecule has 1 unspecified atom stereocenters. The minimum Gasteiger partial charge on any atom is -0.351 e. The summed E-state index contributed by atoms with van der Waals surface area (Å²) < 4.78 is 5.12. The summed E-state index contributed by atoms with van der Waals surface area (Å²) in [4.78, 5) is 26.2. The van der Waals surface area contributed by atoms with Crippen molar-refractivity contribution in [2.24, 2.45) is 0 Å². The Bertz CT molecular complexity index is 1570. The Labute approximate surface area is 250 Å². The maximum Gasteiger partial charge on any atom is 0.315 e. The van der Waals surface area contributed by atoms with Crippen LogP contribution in [0.1, 0.15) is 80.0 Å². The van der Waals surface area contributed by atoms with Gasteiger partial charge in [-0.05, 0) is 74.6 Å². The van der Waals surface area contributed by atoms with E-state index in [2.05, 4.69) is 69.8 Å². The molecule has 3 aromatic heterocycles. The highest BCUT2D eigenvalue weighted by Crippen LogP contribution is 2.34. The third-order valence-electron chi connectivity index (χ3n) is 8.96. The molecule has 0 saturated heterocycles. The number of benzene rings is 1. The van der Waals surface area contributed by atoms with Gasteiger partial charge in [0.25, 0.3) is 0 Å². The van der Waals surface area contributed by atoms with Crippen LogP contribution in [0.25, 0.3) is 11.4 Å². The third kappa shape index (κ3) is 6.47. The molecule has 224 valence electrons. The number of aryl methyl sites for hydroxylation is 1. The van der Waals surface area contributed by atoms with E-state index < -0.39 is 0 Å². The SMILES string of the molecule is Cc1nc(-c2ccc3c(c2)CC(NC(=O)N[C@H]2CC[C@H](Nc4nccc(Nc5cc(C6CCCC6)[nH]n5)n4)CC2)C3)no1. The van der Waals surface area contributed by atoms with Crippen LogP contribution >= 0.6 is 0 Å². The number of aromatic amines is 1. The van der Waals surface area contributed by atoms with Crippen LogP contribution in [0.3, 0.4) is 0 Å². The van der Waals surface area contributed by atoms with Gasteiger partial charge in [0.05, 0.1) is 0 Å². The van der Waals surface area contributed by atoms with E-state index in [0.29, 0.717) is 29.4 Å². The Morgan fingerprint density at radius 1 is 0.884 bits per heavy atom. The number of urea groups is 1. The van der Waals surface area contributed by atoms with Crippen molar-refractivity contribution < 1.29 is 9.32 Å². The normalized spacial score (nSPS) is 21.8. The molecule has 2 amide bonds. The lowest BCUT2D eigenvalue weighted by molar-refractivity contribution is 0.228. The van der Waals surface area contributed by atoms with E-state index in [-0.39, 0.29) is 24.2 Å². The van der Waals surface area contributed by atoms with Crippen LogP contribution in [-0.4, -0.2) is 54.5 Å². The lowest BCUT2D eigenvalue weighted by Gasteiger charge is -2.30. The number of carbonyl (C=O) groups is 1. The van der Waals surface area contributed by atoms with Gasteiger partial charge in [0, 0.05) is 54.5 Å². The number of carbonyl (C=O) groups excluding carboxylic acids is 1. The minimum atomic E-state index is -0.0974. The molecule has 0 aliphatic heterocycles. The quantitative estimate of drug-likeness (QED) is 0.189. The summed E-state index contributed by atoms with van der Waals surface area (Å²) in [6.45, 7) is 1.78. The molecule has 0 spiro atoms. The van der Waals surface area contributed by atoms with Gasteiger partial charge in [0.15, 0.2) is 5.82 Å². The van der Waals surface area contributed by atoms with Gasteiger partial charge in [0.1, 0.15) is 5.82 Å². The predicted molar refractivity (Wildman–Crippen MR) is 162 cm³/mol. The molecule has 4 aromatic rings. The number of nitrogens with zero attached hydrogens (tertiary/aromatic N) is 5. The second-order valence-electron chi connectivity index (χ2n) is 12.1. The van der Waals surface area contributed by atoms with E-state index >= 15 is 0 Å². The van der Waals surface area contributed by atoms with Gasteiger partial charge >= 0.3 is 6.03 Å². The van der Waals surface area contributed by atoms with E-state index in [4.69, 9.17) is 4.52 Å². The van der Waals surface area contributed by atoms with Gasteiger partial charge in [-0.15, -0.1) is 0 Å². The second-order valence-corrected chi connectivity index (χ2v) is 12.1. The standard InChI is InChI=1S/C31H38N10O2/c1-18-33-29(41-43-18)21-7-6-20-15-25(16-22(20)14-21)36-31(42)35-24-10-8-23(9-11-24)34-30-32-13-12-27(38-30)37-28-17-26(39-40-28)19-4-2-3-5-19/h6-7,12-14,17,19,23-25H,2-5,8-11,15-16H2,1H3,(H2,35,36,42)(H3,32,34,37,38,39,40)/t23-,24-,25?. The van der Waals surface area contributed by atoms with Crippen LogP contribution in [-0.2, 0) is 12.8 Å². The lowest BCUT2D eigenvalue weighted by Crippen LogP contribution is -2.48. The average molecular weight is 583 g/mol. The van der Waals surface area contributed by atoms with Crippen molar-refractivity contribution in [3.63, 3.8) is 0 Å². The Balaban J connectivity index is 0.853. The van der Waals surface area contributed by atoms with Crippen molar-refractivity contribution in [1.82, 2.24) is 40.9 Å². The summed E-state index contributed by atoms with van der Waals surface area (Å²) in [5.41, 5.74) is 4.60. The largest absolute Gasteiger partial charge is 0.351 e. The summed E-state index contributed by atoms with van der Waals surface area (Å²) in [5.74, 6) is 3.82. The van der Waals surface area contributed by atoms with E-state index in [1.54, 1.807) is 13.1 Å². The Morgan fingerprint density at radius 3 is 2.49 bits per heavy atom. The number of rotatable bonds is 8. The highest BCUT2D eigenvalue weighted by atomic mass is 16.5. The molecule has 0 radical (unpaired) electrons. The fraction of sp³-hybridized carbons (Fsp3) is 0.484. The zero-order chi connectivity index (χ0) is 29.2. The first-order chi connectivity index (χ1) is 21.0. The molecule has 0 bridgehead atoms. The fourth-order valence-corrected chi connectivity index (χ4v) is 6.73. The topological polar surface area (TPSA) is 159 Å². The number of amides is 2. The van der Waals surface area contributed by atoms with Crippen LogP contribution in [0.2, 0.25) is 0 Å². The molecule has 12 nitrogen and oxygen atoms in total. The molecular weight excluding hydrogens is 544 g/mol. The van der Waals surface area contributed by atoms with Crippen LogP contribution in [0.4, 0.5) is 22.4 Å². The van der Waals surface area contributed by atoms with Gasteiger partial charge in [-0.3, -0.25) is 5.10 Å². The van der Waals surface area contributed by atoms with Gasteiger partial charge in [-0.1, -0.05) is 30.1 Å². The predicted octanol–water partition coefficient (Wildman–Crippen LogP) is 5.15. The van der Waals surface area contributed by atoms with Gasteiger partial charge in [-0.2, -0.15) is 15.1 Å². The molecule has 7 rings (SSSR count). The fourth-order valence-electron chi connectivity index (χ4n) is 6.73. The summed E-state index contributed by atoms with van der Waals surface area (Å²) in [6.07, 6.45) is 12.1. The summed E-state index contributed by atoms with van der Waals surface area (Å²) in [5, 5.41) is 24.8. The van der Waals surface area contributed by atoms with Crippen LogP contribution in [0, 0.1) is 6.92 Å². The summed E-state index contributed by atoms with van der Waals surface area (Å²) in [7, 11) is 0. The van der Waals surface area contributed by atoms with E-state index in [1.807, 2.05) is 12.1 Å². The first kappa shape index (κ1) is 27.4. The number of hydrogen-bond donors (Lipinski definition) is 5. The summed E-state index contributed by atoms with van der Waals surface area (Å²) in [6, 6.07) is 10.6. The molecule has 2 fully saturated rings. The third-order valence-corrected chi connectivity index (χ3v) is 8.96. The van der Waals surface area contributed by atoms with Crippen molar-refractivity contribution in [3.8, 4) is 11.4 Å². The van der Waals surface area contributed by atoms with Crippen molar-refractivity contribution >= 4 is 23.6 Å². The molecule has 2 saturated carbocycles. The minimum absolute atomic E-state index is 0.0732. The number of fused-ring (bicyclic) bond motifs is 1. The molecule has 12 heteroatoms. The van der Waals surface area contributed by atoms with Crippen molar-refractivity contribution in [2.75, 3.05) is 10.6 Å². The molecule has 1 atom stereocenters. The zero-order valence-corrected chi connectivity index (χ0v) is 24.4. The first-order valence-electron chi connectivity index (χ1n) is 15.5. The number of aromatic nitrogens is 6. The summed E-state index contributed by atoms with van der Waals surface area (Å²) >= 11 is 0. The lowest BCUT2D eigenvalue weighted by atomic mass is 9.91. The number of H-pyrrole nitrogens is 1. The highest BCUT2D eigenvalue weighted by Gasteiger charge is 2.27. The monoisotopic (exact) mass is 582 g/mol. The maximum absolute atomic E-state index is 12.8. The van der Waals surface area contributed by atoms with Crippen LogP contribution in [0.5, 0.6) is 0 Å². The first-order valence-corrected chi connectivity index (χ1v) is 15.5.